The molecule has 7 nitrogen and oxygen atoms in total. The molecule has 0 saturated heterocycles. The fraction of sp³-hybridized carbons (Fsp3) is 0.318. The van der Waals surface area contributed by atoms with Crippen molar-refractivity contribution >= 4 is 29.2 Å². The first-order valence-corrected chi connectivity index (χ1v) is 9.58. The minimum atomic E-state index is -0.952. The highest BCUT2D eigenvalue weighted by Crippen LogP contribution is 2.32. The van der Waals surface area contributed by atoms with Gasteiger partial charge in [-0.05, 0) is 37.1 Å². The van der Waals surface area contributed by atoms with Crippen molar-refractivity contribution in [1.29, 1.82) is 0 Å². The second-order valence-electron chi connectivity index (χ2n) is 7.02. The minimum Gasteiger partial charge on any atom is -0.495 e. The Bertz CT molecular complexity index is 912. The number of aliphatic carboxylic acids is 1. The summed E-state index contributed by atoms with van der Waals surface area (Å²) in [7, 11) is 1.52. The van der Waals surface area contributed by atoms with Gasteiger partial charge in [-0.1, -0.05) is 37.1 Å². The molecular formula is C22H24N2O5. The number of benzene rings is 2. The number of carboxylic acids is 1. The van der Waals surface area contributed by atoms with E-state index in [1.807, 2.05) is 0 Å². The van der Waals surface area contributed by atoms with Gasteiger partial charge in [0.1, 0.15) is 5.75 Å². The largest absolute Gasteiger partial charge is 0.495 e. The number of hydrogen-bond donors (Lipinski definition) is 3. The summed E-state index contributed by atoms with van der Waals surface area (Å²) in [4.78, 5) is 37.1. The number of hydrogen-bond acceptors (Lipinski definition) is 4. The van der Waals surface area contributed by atoms with E-state index in [0.717, 1.165) is 12.8 Å². The van der Waals surface area contributed by atoms with Crippen molar-refractivity contribution in [2.75, 3.05) is 17.7 Å². The molecule has 152 valence electrons. The summed E-state index contributed by atoms with van der Waals surface area (Å²) in [6.07, 6.45) is 2.64. The molecule has 2 aromatic carbocycles. The lowest BCUT2D eigenvalue weighted by Crippen LogP contribution is -2.36. The van der Waals surface area contributed by atoms with Gasteiger partial charge >= 0.3 is 5.97 Å². The van der Waals surface area contributed by atoms with E-state index in [1.54, 1.807) is 48.5 Å². The Morgan fingerprint density at radius 1 is 0.897 bits per heavy atom. The van der Waals surface area contributed by atoms with E-state index >= 15 is 0 Å². The van der Waals surface area contributed by atoms with Crippen LogP contribution in [0.25, 0.3) is 0 Å². The van der Waals surface area contributed by atoms with Crippen molar-refractivity contribution in [3.63, 3.8) is 0 Å². The molecule has 0 aliphatic heterocycles. The predicted octanol–water partition coefficient (Wildman–Crippen LogP) is 3.78. The predicted molar refractivity (Wildman–Crippen MR) is 109 cm³/mol. The third-order valence-electron chi connectivity index (χ3n) is 5.20. The molecular weight excluding hydrogens is 372 g/mol. The average molecular weight is 396 g/mol. The molecule has 3 rings (SSSR count). The minimum absolute atomic E-state index is 0.287. The number of carbonyl (C=O) groups is 3. The number of ether oxygens (including phenoxy) is 1. The van der Waals surface area contributed by atoms with Crippen LogP contribution in [0.4, 0.5) is 11.4 Å². The Labute approximate surface area is 169 Å². The summed E-state index contributed by atoms with van der Waals surface area (Å²) in [5.41, 5.74) is 1.15. The van der Waals surface area contributed by atoms with Gasteiger partial charge in [0.15, 0.2) is 0 Å². The van der Waals surface area contributed by atoms with Crippen molar-refractivity contribution in [3.05, 3.63) is 54.1 Å². The van der Waals surface area contributed by atoms with Crippen molar-refractivity contribution in [1.82, 2.24) is 0 Å². The molecule has 0 heterocycles. The monoisotopic (exact) mass is 396 g/mol. The molecule has 1 aliphatic rings. The van der Waals surface area contributed by atoms with Crippen LogP contribution >= 0.6 is 0 Å². The third-order valence-corrected chi connectivity index (χ3v) is 5.20. The first-order valence-electron chi connectivity index (χ1n) is 9.58. The average Bonchev–Trinajstić information content (AvgIpc) is 2.74. The molecule has 0 bridgehead atoms. The molecule has 1 aliphatic carbocycles. The molecule has 2 unspecified atom stereocenters. The number of rotatable bonds is 6. The maximum absolute atomic E-state index is 12.8. The lowest BCUT2D eigenvalue weighted by Gasteiger charge is -2.27. The van der Waals surface area contributed by atoms with Gasteiger partial charge < -0.3 is 20.5 Å². The van der Waals surface area contributed by atoms with E-state index in [-0.39, 0.29) is 11.5 Å². The molecule has 3 N–H and O–H groups in total. The second-order valence-corrected chi connectivity index (χ2v) is 7.02. The maximum atomic E-state index is 12.8. The molecule has 2 aromatic rings. The zero-order chi connectivity index (χ0) is 20.8. The van der Waals surface area contributed by atoms with Gasteiger partial charge in [-0.2, -0.15) is 0 Å². The topological polar surface area (TPSA) is 105 Å². The first-order chi connectivity index (χ1) is 14.0. The summed E-state index contributed by atoms with van der Waals surface area (Å²) in [6, 6.07) is 13.7. The number of carbonyl (C=O) groups excluding carboxylic acids is 2. The van der Waals surface area contributed by atoms with Crippen LogP contribution < -0.4 is 15.4 Å². The van der Waals surface area contributed by atoms with E-state index in [4.69, 9.17) is 4.74 Å². The molecule has 0 radical (unpaired) electrons. The Balaban J connectivity index is 1.79. The van der Waals surface area contributed by atoms with E-state index in [0.29, 0.717) is 30.0 Å². The molecule has 1 saturated carbocycles. The van der Waals surface area contributed by atoms with Crippen molar-refractivity contribution < 1.29 is 24.2 Å². The summed E-state index contributed by atoms with van der Waals surface area (Å²) in [5, 5.41) is 15.0. The number of nitrogens with one attached hydrogen (secondary N) is 2. The van der Waals surface area contributed by atoms with Crippen LogP contribution in [0.15, 0.2) is 48.5 Å². The number of methoxy groups -OCH3 is 1. The molecule has 0 aromatic heterocycles. The van der Waals surface area contributed by atoms with Crippen molar-refractivity contribution in [2.45, 2.75) is 25.7 Å². The number of para-hydroxylation sites is 3. The number of carboxylic acid groups (broad SMARTS) is 1. The van der Waals surface area contributed by atoms with Gasteiger partial charge in [-0.3, -0.25) is 14.4 Å². The molecule has 2 atom stereocenters. The zero-order valence-electron chi connectivity index (χ0n) is 16.2. The lowest BCUT2D eigenvalue weighted by atomic mass is 9.78. The summed E-state index contributed by atoms with van der Waals surface area (Å²) in [6.45, 7) is 0. The van der Waals surface area contributed by atoms with Crippen LogP contribution in [-0.2, 0) is 9.59 Å². The van der Waals surface area contributed by atoms with E-state index in [2.05, 4.69) is 10.6 Å². The van der Waals surface area contributed by atoms with E-state index in [9.17, 15) is 19.5 Å². The van der Waals surface area contributed by atoms with Crippen molar-refractivity contribution in [2.24, 2.45) is 11.8 Å². The smallest absolute Gasteiger partial charge is 0.307 e. The molecule has 29 heavy (non-hydrogen) atoms. The highest BCUT2D eigenvalue weighted by molar-refractivity contribution is 6.11. The number of amides is 2. The first kappa shape index (κ1) is 20.4. The van der Waals surface area contributed by atoms with Crippen LogP contribution in [0.5, 0.6) is 5.75 Å². The van der Waals surface area contributed by atoms with Crippen LogP contribution in [-0.4, -0.2) is 30.0 Å². The standard InChI is InChI=1S/C22H24N2O5/c1-29-19-13-7-6-12-18(19)24-21(26)16-10-4-5-11-17(16)23-20(25)14-8-2-3-9-15(14)22(27)28/h4-7,10-15H,2-3,8-9H2,1H3,(H,23,25)(H,24,26)(H,27,28). The Morgan fingerprint density at radius 3 is 2.21 bits per heavy atom. The molecule has 1 fully saturated rings. The summed E-state index contributed by atoms with van der Waals surface area (Å²) in [5.74, 6) is -2.50. The van der Waals surface area contributed by atoms with Gasteiger partial charge in [0, 0.05) is 0 Å². The highest BCUT2D eigenvalue weighted by Gasteiger charge is 2.36. The maximum Gasteiger partial charge on any atom is 0.307 e. The SMILES string of the molecule is COc1ccccc1NC(=O)c1ccccc1NC(=O)C1CCCCC1C(=O)O. The van der Waals surface area contributed by atoms with E-state index < -0.39 is 23.7 Å². The Hall–Kier alpha value is -3.35. The zero-order valence-corrected chi connectivity index (χ0v) is 16.2. The van der Waals surface area contributed by atoms with Crippen LogP contribution in [0.1, 0.15) is 36.0 Å². The summed E-state index contributed by atoms with van der Waals surface area (Å²) >= 11 is 0. The highest BCUT2D eigenvalue weighted by atomic mass is 16.5. The normalized spacial score (nSPS) is 18.5. The Kier molecular flexibility index (Phi) is 6.49. The van der Waals surface area contributed by atoms with Crippen LogP contribution in [0.3, 0.4) is 0 Å². The van der Waals surface area contributed by atoms with Crippen LogP contribution in [0, 0.1) is 11.8 Å². The quantitative estimate of drug-likeness (QED) is 0.689. The molecule has 0 spiro atoms. The molecule has 2 amide bonds. The van der Waals surface area contributed by atoms with E-state index in [1.165, 1.54) is 7.11 Å². The third kappa shape index (κ3) is 4.74. The van der Waals surface area contributed by atoms with Gasteiger partial charge in [-0.25, -0.2) is 0 Å². The fourth-order valence-electron chi connectivity index (χ4n) is 3.69. The second kappa shape index (κ2) is 9.23. The van der Waals surface area contributed by atoms with Crippen LogP contribution in [0.2, 0.25) is 0 Å². The Morgan fingerprint density at radius 2 is 1.52 bits per heavy atom. The fourth-order valence-corrected chi connectivity index (χ4v) is 3.69. The van der Waals surface area contributed by atoms with Crippen molar-refractivity contribution in [3.8, 4) is 5.75 Å². The number of anilines is 2. The lowest BCUT2D eigenvalue weighted by molar-refractivity contribution is -0.147. The van der Waals surface area contributed by atoms with Gasteiger partial charge in [0.2, 0.25) is 5.91 Å². The van der Waals surface area contributed by atoms with Gasteiger partial charge in [0.05, 0.1) is 35.9 Å². The molecule has 7 heteroatoms. The van der Waals surface area contributed by atoms with Gasteiger partial charge in [-0.15, -0.1) is 0 Å². The summed E-state index contributed by atoms with van der Waals surface area (Å²) < 4.78 is 5.25. The van der Waals surface area contributed by atoms with Gasteiger partial charge in [0.25, 0.3) is 5.91 Å².